The van der Waals surface area contributed by atoms with Crippen molar-refractivity contribution in [1.29, 1.82) is 0 Å². The van der Waals surface area contributed by atoms with Gasteiger partial charge in [0.1, 0.15) is 12.4 Å². The van der Waals surface area contributed by atoms with E-state index in [4.69, 9.17) is 0 Å². The quantitative estimate of drug-likeness (QED) is 0.285. The van der Waals surface area contributed by atoms with Crippen molar-refractivity contribution in [2.45, 2.75) is 117 Å². The zero-order chi connectivity index (χ0) is 26.6. The highest BCUT2D eigenvalue weighted by Gasteiger charge is 2.23. The van der Waals surface area contributed by atoms with Crippen molar-refractivity contribution in [2.24, 2.45) is 5.41 Å². The van der Waals surface area contributed by atoms with E-state index in [0.717, 1.165) is 25.9 Å². The average Bonchev–Trinajstić information content (AvgIpc) is 2.79. The van der Waals surface area contributed by atoms with Gasteiger partial charge in [-0.3, -0.25) is 19.2 Å². The standard InChI is InChI=1S/C9H18O.3C4H8O2.C3H8O.4CH4/c1-5-7-8(10)9(3,4)6-2;1-4(5)3-6-2;2*1-3-4(5)6-2;1-3-4-2;;;;/h5-7H2,1-4H3;3*3H2,1-2H3;3H2,1-2H3;4*1H4. The van der Waals surface area contributed by atoms with Gasteiger partial charge in [-0.2, -0.15) is 0 Å². The largest absolute Gasteiger partial charge is 0.469 e. The fraction of sp³-hybridized carbons (Fsp3) is 0.857. The molecule has 0 spiro atoms. The molecule has 8 nitrogen and oxygen atoms in total. The molecule has 0 amide bonds. The van der Waals surface area contributed by atoms with Gasteiger partial charge in [-0.15, -0.1) is 0 Å². The van der Waals surface area contributed by atoms with E-state index < -0.39 is 0 Å². The summed E-state index contributed by atoms with van der Waals surface area (Å²) in [6, 6.07) is 0. The van der Waals surface area contributed by atoms with E-state index in [1.54, 1.807) is 21.0 Å². The third-order valence-corrected chi connectivity index (χ3v) is 3.78. The molecule has 0 bridgehead atoms. The van der Waals surface area contributed by atoms with Crippen LogP contribution in [-0.4, -0.2) is 65.2 Å². The van der Waals surface area contributed by atoms with Crippen LogP contribution in [0.4, 0.5) is 0 Å². The second kappa shape index (κ2) is 46.5. The Morgan fingerprint density at radius 1 is 0.667 bits per heavy atom. The number of Topliss-reactive ketones (excluding diaryl/α,β-unsaturated/α-hetero) is 2. The summed E-state index contributed by atoms with van der Waals surface area (Å²) in [6.45, 7) is 16.2. The zero-order valence-corrected chi connectivity index (χ0v) is 22.7. The molecule has 36 heavy (non-hydrogen) atoms. The van der Waals surface area contributed by atoms with Gasteiger partial charge in [0.15, 0.2) is 5.78 Å². The number of esters is 2. The lowest BCUT2D eigenvalue weighted by Gasteiger charge is -2.19. The number of carbonyl (C=O) groups is 4. The Morgan fingerprint density at radius 3 is 1.08 bits per heavy atom. The SMILES string of the molecule is C.C.C.C.CCC(=O)OC.CCC(=O)OC.CCCC(=O)C(C)(C)CC.CCOC.COCC(C)=O. The van der Waals surface area contributed by atoms with E-state index in [0.29, 0.717) is 18.6 Å². The summed E-state index contributed by atoms with van der Waals surface area (Å²) >= 11 is 0. The molecule has 0 N–H and O–H groups in total. The number of rotatable bonds is 9. The Bertz CT molecular complexity index is 417. The molecule has 0 aromatic carbocycles. The van der Waals surface area contributed by atoms with Crippen molar-refractivity contribution < 1.29 is 38.1 Å². The van der Waals surface area contributed by atoms with Crippen LogP contribution in [0.25, 0.3) is 0 Å². The van der Waals surface area contributed by atoms with Crippen LogP contribution in [0.5, 0.6) is 0 Å². The predicted molar refractivity (Wildman–Crippen MR) is 156 cm³/mol. The molecular weight excluding hydrogens is 464 g/mol. The molecular formula is C28H66O8. The first-order valence-electron chi connectivity index (χ1n) is 11.0. The summed E-state index contributed by atoms with van der Waals surface area (Å²) in [5.74, 6) is 0.153. The maximum absolute atomic E-state index is 11.3. The molecule has 8 heteroatoms. The van der Waals surface area contributed by atoms with Crippen LogP contribution in [0.15, 0.2) is 0 Å². The lowest BCUT2D eigenvalue weighted by Crippen LogP contribution is -2.22. The molecule has 0 radical (unpaired) electrons. The van der Waals surface area contributed by atoms with Crippen molar-refractivity contribution in [3.05, 3.63) is 0 Å². The van der Waals surface area contributed by atoms with Gasteiger partial charge < -0.3 is 18.9 Å². The fourth-order valence-electron chi connectivity index (χ4n) is 1.25. The summed E-state index contributed by atoms with van der Waals surface area (Å²) in [4.78, 5) is 41.1. The molecule has 0 saturated carbocycles. The highest BCUT2D eigenvalue weighted by molar-refractivity contribution is 5.83. The molecule has 0 aliphatic rings. The van der Waals surface area contributed by atoms with Crippen molar-refractivity contribution in [2.75, 3.05) is 41.7 Å². The van der Waals surface area contributed by atoms with Gasteiger partial charge in [0, 0.05) is 45.5 Å². The molecule has 0 atom stereocenters. The summed E-state index contributed by atoms with van der Waals surface area (Å²) < 4.78 is 17.5. The fourth-order valence-corrected chi connectivity index (χ4v) is 1.25. The molecule has 0 unspecified atom stereocenters. The highest BCUT2D eigenvalue weighted by Crippen LogP contribution is 2.22. The van der Waals surface area contributed by atoms with Gasteiger partial charge >= 0.3 is 11.9 Å². The number of methoxy groups -OCH3 is 4. The topological polar surface area (TPSA) is 105 Å². The predicted octanol–water partition coefficient (Wildman–Crippen LogP) is 7.35. The molecule has 0 aromatic rings. The van der Waals surface area contributed by atoms with Gasteiger partial charge in [0.25, 0.3) is 0 Å². The van der Waals surface area contributed by atoms with Crippen LogP contribution in [0, 0.1) is 5.41 Å². The lowest BCUT2D eigenvalue weighted by molar-refractivity contribution is -0.141. The van der Waals surface area contributed by atoms with Gasteiger partial charge in [0.2, 0.25) is 0 Å². The molecule has 0 rings (SSSR count). The smallest absolute Gasteiger partial charge is 0.305 e. The Balaban J connectivity index is -0.0000000363. The van der Waals surface area contributed by atoms with Crippen LogP contribution in [0.3, 0.4) is 0 Å². The molecule has 0 aliphatic carbocycles. The van der Waals surface area contributed by atoms with E-state index in [9.17, 15) is 19.2 Å². The van der Waals surface area contributed by atoms with E-state index in [1.165, 1.54) is 28.3 Å². The monoisotopic (exact) mass is 530 g/mol. The highest BCUT2D eigenvalue weighted by atomic mass is 16.5. The van der Waals surface area contributed by atoms with Gasteiger partial charge in [0.05, 0.1) is 14.2 Å². The molecule has 226 valence electrons. The summed E-state index contributed by atoms with van der Waals surface area (Å²) in [5.41, 5.74) is -0.0873. The number of ketones is 2. The first kappa shape index (κ1) is 59.4. The Hall–Kier alpha value is -1.80. The third-order valence-electron chi connectivity index (χ3n) is 3.78. The summed E-state index contributed by atoms with van der Waals surface area (Å²) in [7, 11) is 5.94. The molecule has 0 aliphatic heterocycles. The minimum absolute atomic E-state index is 0. The molecule has 0 saturated heterocycles. The minimum atomic E-state index is -0.157. The van der Waals surface area contributed by atoms with E-state index >= 15 is 0 Å². The van der Waals surface area contributed by atoms with Crippen molar-refractivity contribution in [1.82, 2.24) is 0 Å². The summed E-state index contributed by atoms with van der Waals surface area (Å²) in [5, 5.41) is 0. The van der Waals surface area contributed by atoms with Crippen molar-refractivity contribution >= 4 is 23.5 Å². The number of hydrogen-bond acceptors (Lipinski definition) is 8. The number of hydrogen-bond donors (Lipinski definition) is 0. The van der Waals surface area contributed by atoms with E-state index in [-0.39, 0.29) is 59.5 Å². The van der Waals surface area contributed by atoms with Crippen molar-refractivity contribution in [3.63, 3.8) is 0 Å². The lowest BCUT2D eigenvalue weighted by atomic mass is 9.83. The van der Waals surface area contributed by atoms with Crippen LogP contribution >= 0.6 is 0 Å². The van der Waals surface area contributed by atoms with Crippen molar-refractivity contribution in [3.8, 4) is 0 Å². The van der Waals surface area contributed by atoms with Gasteiger partial charge in [-0.05, 0) is 26.7 Å². The first-order valence-corrected chi connectivity index (χ1v) is 11.0. The zero-order valence-electron chi connectivity index (χ0n) is 22.7. The normalized spacial score (nSPS) is 8.00. The van der Waals surface area contributed by atoms with Crippen LogP contribution < -0.4 is 0 Å². The Kier molecular flexibility index (Phi) is 76.7. The molecule has 0 heterocycles. The Morgan fingerprint density at radius 2 is 1.00 bits per heavy atom. The van der Waals surface area contributed by atoms with E-state index in [1.807, 2.05) is 27.7 Å². The van der Waals surface area contributed by atoms with E-state index in [2.05, 4.69) is 25.9 Å². The second-order valence-corrected chi connectivity index (χ2v) is 6.98. The van der Waals surface area contributed by atoms with Crippen LogP contribution in [0.1, 0.15) is 117 Å². The average molecular weight is 531 g/mol. The maximum atomic E-state index is 11.3. The maximum Gasteiger partial charge on any atom is 0.305 e. The van der Waals surface area contributed by atoms with Crippen LogP contribution in [-0.2, 0) is 38.1 Å². The first-order chi connectivity index (χ1) is 14.8. The molecule has 0 aromatic heterocycles. The third kappa shape index (κ3) is 63.6. The minimum Gasteiger partial charge on any atom is -0.469 e. The second-order valence-electron chi connectivity index (χ2n) is 6.98. The number of ether oxygens (including phenoxy) is 4. The summed E-state index contributed by atoms with van der Waals surface area (Å²) in [6.07, 6.45) is 3.60. The molecule has 0 fully saturated rings. The number of carbonyl (C=O) groups excluding carboxylic acids is 4. The van der Waals surface area contributed by atoms with Crippen LogP contribution in [0.2, 0.25) is 0 Å². The van der Waals surface area contributed by atoms with Gasteiger partial charge in [-0.1, -0.05) is 71.2 Å². The van der Waals surface area contributed by atoms with Gasteiger partial charge in [-0.25, -0.2) is 0 Å². The Labute approximate surface area is 226 Å².